The summed E-state index contributed by atoms with van der Waals surface area (Å²) in [6, 6.07) is 0.404. The fourth-order valence-corrected chi connectivity index (χ4v) is 6.61. The molecule has 256 valence electrons. The van der Waals surface area contributed by atoms with Crippen LogP contribution < -0.4 is 5.32 Å². The second kappa shape index (κ2) is 24.9. The van der Waals surface area contributed by atoms with E-state index in [1.807, 2.05) is 21.6 Å². The molecule has 3 unspecified atom stereocenters. The molecule has 3 fully saturated rings. The third-order valence-electron chi connectivity index (χ3n) is 7.50. The summed E-state index contributed by atoms with van der Waals surface area (Å²) in [4.78, 5) is 57.9. The number of hydrogen-bond donors (Lipinski definition) is 3. The highest BCUT2D eigenvalue weighted by Gasteiger charge is 2.29. The Hall–Kier alpha value is -2.23. The SMILES string of the molecule is CCCCCC(O)C#CC1CCC(=O)N1CCCSCCC(=O)O.CCCSCCCN1C(=O)CCC1C.O=C1CCC(=O)N1. The van der Waals surface area contributed by atoms with Crippen LogP contribution in [0, 0.1) is 11.8 Å². The molecule has 0 aromatic carbocycles. The molecule has 0 aliphatic carbocycles. The molecule has 3 aliphatic rings. The second-order valence-electron chi connectivity index (χ2n) is 11.5. The van der Waals surface area contributed by atoms with E-state index >= 15 is 0 Å². The molecule has 3 heterocycles. The van der Waals surface area contributed by atoms with Gasteiger partial charge in [-0.25, -0.2) is 0 Å². The van der Waals surface area contributed by atoms with E-state index in [1.165, 1.54) is 17.9 Å². The number of carboxylic acids is 1. The van der Waals surface area contributed by atoms with Crippen LogP contribution in [-0.4, -0.2) is 104 Å². The fraction of sp³-hybridized carbons (Fsp3) is 0.788. The zero-order valence-corrected chi connectivity index (χ0v) is 29.2. The number of aliphatic hydroxyl groups is 1. The van der Waals surface area contributed by atoms with Gasteiger partial charge in [0.1, 0.15) is 6.10 Å². The molecule has 0 spiro atoms. The van der Waals surface area contributed by atoms with E-state index in [4.69, 9.17) is 5.11 Å². The number of aliphatic hydroxyl groups excluding tert-OH is 1. The van der Waals surface area contributed by atoms with E-state index in [0.717, 1.165) is 63.7 Å². The van der Waals surface area contributed by atoms with Gasteiger partial charge in [-0.1, -0.05) is 38.5 Å². The Balaban J connectivity index is 0.000000400. The maximum atomic E-state index is 12.0. The van der Waals surface area contributed by atoms with Crippen LogP contribution in [0.25, 0.3) is 0 Å². The number of imide groups is 1. The van der Waals surface area contributed by atoms with Crippen molar-refractivity contribution in [3.05, 3.63) is 0 Å². The van der Waals surface area contributed by atoms with Gasteiger partial charge in [-0.05, 0) is 69.1 Å². The number of hydrogen-bond acceptors (Lipinski definition) is 8. The van der Waals surface area contributed by atoms with Gasteiger partial charge in [0.15, 0.2) is 0 Å². The molecule has 4 amide bonds. The van der Waals surface area contributed by atoms with E-state index in [9.17, 15) is 29.1 Å². The van der Waals surface area contributed by atoms with Gasteiger partial charge in [0.05, 0.1) is 12.5 Å². The first-order chi connectivity index (χ1) is 21.6. The molecule has 0 aromatic heterocycles. The molecule has 12 heteroatoms. The lowest BCUT2D eigenvalue weighted by Crippen LogP contribution is -2.33. The number of amides is 4. The number of rotatable bonds is 17. The molecule has 0 radical (unpaired) electrons. The smallest absolute Gasteiger partial charge is 0.304 e. The van der Waals surface area contributed by atoms with Crippen molar-refractivity contribution < 1.29 is 34.2 Å². The van der Waals surface area contributed by atoms with E-state index < -0.39 is 12.1 Å². The monoisotopic (exact) mass is 669 g/mol. The minimum atomic E-state index is -0.773. The number of carboxylic acid groups (broad SMARTS) is 1. The maximum Gasteiger partial charge on any atom is 0.304 e. The van der Waals surface area contributed by atoms with E-state index in [-0.39, 0.29) is 30.2 Å². The predicted octanol–water partition coefficient (Wildman–Crippen LogP) is 4.47. The Bertz CT molecular complexity index is 971. The zero-order valence-electron chi connectivity index (χ0n) is 27.5. The number of nitrogens with zero attached hydrogens (tertiary/aromatic N) is 2. The number of nitrogens with one attached hydrogen (secondary N) is 1. The van der Waals surface area contributed by atoms with Gasteiger partial charge in [-0.15, -0.1) is 0 Å². The Labute approximate surface area is 278 Å². The lowest BCUT2D eigenvalue weighted by Gasteiger charge is -2.21. The van der Waals surface area contributed by atoms with Crippen LogP contribution in [0.3, 0.4) is 0 Å². The van der Waals surface area contributed by atoms with Crippen molar-refractivity contribution >= 4 is 53.1 Å². The highest BCUT2D eigenvalue weighted by molar-refractivity contribution is 7.99. The van der Waals surface area contributed by atoms with Crippen molar-refractivity contribution in [3.8, 4) is 11.8 Å². The number of likely N-dealkylation sites (tertiary alicyclic amines) is 2. The first kappa shape index (κ1) is 40.8. The molecule has 3 atom stereocenters. The lowest BCUT2D eigenvalue weighted by molar-refractivity contribution is -0.136. The number of aliphatic carboxylic acids is 1. The van der Waals surface area contributed by atoms with Crippen molar-refractivity contribution in [2.45, 2.75) is 129 Å². The van der Waals surface area contributed by atoms with Gasteiger partial charge in [0.2, 0.25) is 23.6 Å². The Morgan fingerprint density at radius 3 is 1.98 bits per heavy atom. The summed E-state index contributed by atoms with van der Waals surface area (Å²) in [7, 11) is 0. The molecule has 10 nitrogen and oxygen atoms in total. The number of carbonyl (C=O) groups excluding carboxylic acids is 4. The van der Waals surface area contributed by atoms with Crippen LogP contribution in [0.15, 0.2) is 0 Å². The first-order valence-corrected chi connectivity index (χ1v) is 18.9. The maximum absolute atomic E-state index is 12.0. The summed E-state index contributed by atoms with van der Waals surface area (Å²) < 4.78 is 0. The minimum absolute atomic E-state index is 0.0812. The molecule has 0 bridgehead atoms. The number of carbonyl (C=O) groups is 5. The quantitative estimate of drug-likeness (QED) is 0.116. The summed E-state index contributed by atoms with van der Waals surface area (Å²) in [5.74, 6) is 9.30. The highest BCUT2D eigenvalue weighted by Crippen LogP contribution is 2.20. The van der Waals surface area contributed by atoms with Crippen molar-refractivity contribution in [2.24, 2.45) is 0 Å². The van der Waals surface area contributed by atoms with Gasteiger partial charge in [0, 0.05) is 50.6 Å². The zero-order chi connectivity index (χ0) is 33.5. The highest BCUT2D eigenvalue weighted by atomic mass is 32.2. The average molecular weight is 670 g/mol. The summed E-state index contributed by atoms with van der Waals surface area (Å²) >= 11 is 3.60. The number of unbranched alkanes of at least 4 members (excludes halogenated alkanes) is 2. The molecular weight excluding hydrogens is 615 g/mol. The van der Waals surface area contributed by atoms with Gasteiger partial charge < -0.3 is 20.0 Å². The molecule has 0 aromatic rings. The topological polar surface area (TPSA) is 144 Å². The minimum Gasteiger partial charge on any atom is -0.481 e. The van der Waals surface area contributed by atoms with Crippen LogP contribution in [0.4, 0.5) is 0 Å². The van der Waals surface area contributed by atoms with Gasteiger partial charge >= 0.3 is 5.97 Å². The predicted molar refractivity (Wildman–Crippen MR) is 182 cm³/mol. The second-order valence-corrected chi connectivity index (χ2v) is 13.9. The average Bonchev–Trinajstić information content (AvgIpc) is 3.67. The largest absolute Gasteiger partial charge is 0.481 e. The standard InChI is InChI=1S/C18H29NO4S.C11H21NOS.C4H5NO2/c1-2-3-4-6-16(20)9-7-15-8-10-17(21)19(15)12-5-13-24-14-11-18(22)23;1-3-8-14-9-4-7-12-10(2)5-6-11(12)13;6-3-1-2-4(7)5-3/h15-16,20H,2-6,8,10-14H2,1H3,(H,22,23);10H,3-9H2,1-2H3;1-2H2,(H,5,6,7). The molecular formula is C33H55N3O7S2. The Morgan fingerprint density at radius 1 is 0.844 bits per heavy atom. The third-order valence-corrected chi connectivity index (χ3v) is 9.84. The van der Waals surface area contributed by atoms with Crippen molar-refractivity contribution in [1.82, 2.24) is 15.1 Å². The third kappa shape index (κ3) is 19.1. The summed E-state index contributed by atoms with van der Waals surface area (Å²) in [6.45, 7) is 8.12. The van der Waals surface area contributed by atoms with Crippen LogP contribution in [0.2, 0.25) is 0 Å². The van der Waals surface area contributed by atoms with Crippen LogP contribution in [0.1, 0.15) is 111 Å². The molecule has 3 aliphatic heterocycles. The summed E-state index contributed by atoms with van der Waals surface area (Å²) in [5.41, 5.74) is 0. The normalized spacial score (nSPS) is 19.7. The number of thioether (sulfide) groups is 2. The Morgan fingerprint density at radius 2 is 1.44 bits per heavy atom. The molecule has 45 heavy (non-hydrogen) atoms. The molecule has 3 N–H and O–H groups in total. The van der Waals surface area contributed by atoms with Crippen LogP contribution in [0.5, 0.6) is 0 Å². The van der Waals surface area contributed by atoms with Gasteiger partial charge in [-0.2, -0.15) is 23.5 Å². The fourth-order valence-electron chi connectivity index (χ4n) is 4.93. The molecule has 3 rings (SSSR count). The van der Waals surface area contributed by atoms with Crippen LogP contribution in [-0.2, 0) is 24.0 Å². The van der Waals surface area contributed by atoms with Crippen LogP contribution >= 0.6 is 23.5 Å². The Kier molecular flexibility index (Phi) is 22.6. The lowest BCUT2D eigenvalue weighted by atomic mass is 10.1. The van der Waals surface area contributed by atoms with E-state index in [0.29, 0.717) is 49.9 Å². The molecule has 0 saturated carbocycles. The van der Waals surface area contributed by atoms with Gasteiger partial charge in [0.25, 0.3) is 0 Å². The van der Waals surface area contributed by atoms with Gasteiger partial charge in [-0.3, -0.25) is 29.3 Å². The van der Waals surface area contributed by atoms with E-state index in [1.54, 1.807) is 11.8 Å². The molecule has 3 saturated heterocycles. The van der Waals surface area contributed by atoms with Crippen molar-refractivity contribution in [3.63, 3.8) is 0 Å². The summed E-state index contributed by atoms with van der Waals surface area (Å²) in [6.07, 6.45) is 10.6. The van der Waals surface area contributed by atoms with Crippen molar-refractivity contribution in [2.75, 3.05) is 36.1 Å². The first-order valence-electron chi connectivity index (χ1n) is 16.6. The summed E-state index contributed by atoms with van der Waals surface area (Å²) in [5, 5.41) is 20.6. The van der Waals surface area contributed by atoms with E-state index in [2.05, 4.69) is 37.9 Å². The van der Waals surface area contributed by atoms with Crippen molar-refractivity contribution in [1.29, 1.82) is 0 Å².